The Labute approximate surface area is 69.6 Å². The first-order chi connectivity index (χ1) is 5.13. The summed E-state index contributed by atoms with van der Waals surface area (Å²) in [7, 11) is -1.32. The van der Waals surface area contributed by atoms with Gasteiger partial charge in [0.05, 0.1) is 0 Å². The van der Waals surface area contributed by atoms with Crippen molar-refractivity contribution in [3.8, 4) is 0 Å². The van der Waals surface area contributed by atoms with Crippen molar-refractivity contribution in [1.29, 1.82) is 0 Å². The molecular formula is C6H10BNO2S. The van der Waals surface area contributed by atoms with Gasteiger partial charge in [0.15, 0.2) is 0 Å². The van der Waals surface area contributed by atoms with Gasteiger partial charge in [0.25, 0.3) is 0 Å². The van der Waals surface area contributed by atoms with E-state index in [2.05, 4.69) is 0 Å². The normalized spacial score (nSPS) is 13.0. The van der Waals surface area contributed by atoms with Crippen molar-refractivity contribution >= 4 is 24.1 Å². The van der Waals surface area contributed by atoms with E-state index in [-0.39, 0.29) is 5.82 Å². The van der Waals surface area contributed by atoms with E-state index in [1.165, 1.54) is 11.3 Å². The van der Waals surface area contributed by atoms with Crippen molar-refractivity contribution in [2.75, 3.05) is 5.73 Å². The van der Waals surface area contributed by atoms with Crippen LogP contribution >= 0.6 is 11.3 Å². The molecule has 11 heavy (non-hydrogen) atoms. The van der Waals surface area contributed by atoms with Gasteiger partial charge >= 0.3 is 7.12 Å². The summed E-state index contributed by atoms with van der Waals surface area (Å²) in [5.74, 6) is -0.296. The highest BCUT2D eigenvalue weighted by atomic mass is 32.1. The molecule has 1 aromatic heterocycles. The Balaban J connectivity index is 2.84. The van der Waals surface area contributed by atoms with Crippen molar-refractivity contribution in [2.24, 2.45) is 0 Å². The smallest absolute Gasteiger partial charge is 0.427 e. The lowest BCUT2D eigenvalue weighted by molar-refractivity contribution is 0.393. The highest BCUT2D eigenvalue weighted by Gasteiger charge is 2.22. The minimum atomic E-state index is -1.32. The van der Waals surface area contributed by atoms with Gasteiger partial charge in [0.2, 0.25) is 0 Å². The summed E-state index contributed by atoms with van der Waals surface area (Å²) in [5, 5.41) is 19.5. The van der Waals surface area contributed by atoms with Gasteiger partial charge in [-0.25, -0.2) is 0 Å². The monoisotopic (exact) mass is 171 g/mol. The molecule has 0 aliphatic heterocycles. The zero-order valence-electron chi connectivity index (χ0n) is 6.19. The van der Waals surface area contributed by atoms with Gasteiger partial charge in [-0.05, 0) is 11.4 Å². The number of anilines is 1. The van der Waals surface area contributed by atoms with E-state index in [0.717, 1.165) is 4.88 Å². The van der Waals surface area contributed by atoms with Crippen LogP contribution in [0.3, 0.4) is 0 Å². The Morgan fingerprint density at radius 3 is 2.64 bits per heavy atom. The van der Waals surface area contributed by atoms with Gasteiger partial charge in [-0.2, -0.15) is 0 Å². The summed E-state index contributed by atoms with van der Waals surface area (Å²) < 4.78 is 0. The largest absolute Gasteiger partial charge is 0.460 e. The first kappa shape index (κ1) is 8.58. The fraction of sp³-hybridized carbons (Fsp3) is 0.333. The maximum atomic E-state index is 8.82. The van der Waals surface area contributed by atoms with Gasteiger partial charge in [-0.1, -0.05) is 6.92 Å². The van der Waals surface area contributed by atoms with Crippen LogP contribution in [-0.4, -0.2) is 17.2 Å². The summed E-state index contributed by atoms with van der Waals surface area (Å²) in [4.78, 5) is 0.833. The second-order valence-electron chi connectivity index (χ2n) is 2.44. The maximum Gasteiger partial charge on any atom is 0.460 e. The van der Waals surface area contributed by atoms with E-state index in [0.29, 0.717) is 5.69 Å². The van der Waals surface area contributed by atoms with E-state index in [1.54, 1.807) is 13.0 Å². The molecule has 0 aromatic carbocycles. The molecule has 5 heteroatoms. The van der Waals surface area contributed by atoms with E-state index in [1.807, 2.05) is 5.38 Å². The Kier molecular flexibility index (Phi) is 2.54. The molecule has 1 atom stereocenters. The van der Waals surface area contributed by atoms with Crippen LogP contribution in [0.4, 0.5) is 5.69 Å². The average Bonchev–Trinajstić information content (AvgIpc) is 2.33. The lowest BCUT2D eigenvalue weighted by Gasteiger charge is -2.07. The van der Waals surface area contributed by atoms with Gasteiger partial charge in [0, 0.05) is 16.4 Å². The molecule has 0 bridgehead atoms. The van der Waals surface area contributed by atoms with Crippen LogP contribution in [-0.2, 0) is 0 Å². The number of nitrogens with two attached hydrogens (primary N) is 1. The summed E-state index contributed by atoms with van der Waals surface area (Å²) in [6.45, 7) is 1.73. The SMILES string of the molecule is CC(B(O)O)c1sccc1N. The summed E-state index contributed by atoms with van der Waals surface area (Å²) in [5.41, 5.74) is 6.20. The number of nitrogen functional groups attached to an aromatic ring is 1. The second kappa shape index (κ2) is 3.25. The zero-order valence-corrected chi connectivity index (χ0v) is 7.01. The van der Waals surface area contributed by atoms with E-state index < -0.39 is 7.12 Å². The Morgan fingerprint density at radius 2 is 2.27 bits per heavy atom. The molecule has 1 aromatic rings. The highest BCUT2D eigenvalue weighted by Crippen LogP contribution is 2.28. The lowest BCUT2D eigenvalue weighted by atomic mass is 9.73. The van der Waals surface area contributed by atoms with E-state index in [4.69, 9.17) is 15.8 Å². The van der Waals surface area contributed by atoms with Crippen LogP contribution in [0.5, 0.6) is 0 Å². The number of thiophene rings is 1. The van der Waals surface area contributed by atoms with Gasteiger partial charge in [0.1, 0.15) is 0 Å². The molecule has 0 spiro atoms. The molecule has 0 saturated carbocycles. The van der Waals surface area contributed by atoms with E-state index >= 15 is 0 Å². The summed E-state index contributed by atoms with van der Waals surface area (Å²) in [6.07, 6.45) is 0. The maximum absolute atomic E-state index is 8.82. The predicted molar refractivity (Wildman–Crippen MR) is 47.3 cm³/mol. The fourth-order valence-electron chi connectivity index (χ4n) is 0.836. The Morgan fingerprint density at radius 1 is 1.64 bits per heavy atom. The van der Waals surface area contributed by atoms with Gasteiger partial charge in [-0.3, -0.25) is 0 Å². The Hall–Kier alpha value is -0.515. The first-order valence-corrected chi connectivity index (χ1v) is 4.20. The van der Waals surface area contributed by atoms with Crippen LogP contribution < -0.4 is 5.73 Å². The number of hydrogen-bond acceptors (Lipinski definition) is 4. The van der Waals surface area contributed by atoms with E-state index in [9.17, 15) is 0 Å². The third-order valence-corrected chi connectivity index (χ3v) is 2.72. The predicted octanol–water partition coefficient (Wildman–Crippen LogP) is 0.446. The third kappa shape index (κ3) is 1.74. The molecule has 0 radical (unpaired) electrons. The zero-order chi connectivity index (χ0) is 8.43. The van der Waals surface area contributed by atoms with Crippen molar-refractivity contribution < 1.29 is 10.0 Å². The quantitative estimate of drug-likeness (QED) is 0.565. The van der Waals surface area contributed by atoms with Crippen LogP contribution in [0, 0.1) is 0 Å². The second-order valence-corrected chi connectivity index (χ2v) is 3.39. The van der Waals surface area contributed by atoms with Crippen molar-refractivity contribution in [3.63, 3.8) is 0 Å². The van der Waals surface area contributed by atoms with Crippen LogP contribution in [0.15, 0.2) is 11.4 Å². The Bertz CT molecular complexity index is 238. The minimum Gasteiger partial charge on any atom is -0.427 e. The van der Waals surface area contributed by atoms with Crippen LogP contribution in [0.25, 0.3) is 0 Å². The lowest BCUT2D eigenvalue weighted by Crippen LogP contribution is -2.20. The molecule has 0 amide bonds. The molecule has 60 valence electrons. The molecule has 0 fully saturated rings. The molecule has 1 heterocycles. The summed E-state index contributed by atoms with van der Waals surface area (Å²) >= 11 is 1.44. The van der Waals surface area contributed by atoms with Gasteiger partial charge < -0.3 is 15.8 Å². The first-order valence-electron chi connectivity index (χ1n) is 3.32. The average molecular weight is 171 g/mol. The highest BCUT2D eigenvalue weighted by molar-refractivity contribution is 7.11. The van der Waals surface area contributed by atoms with Gasteiger partial charge in [-0.15, -0.1) is 11.3 Å². The number of hydrogen-bond donors (Lipinski definition) is 3. The molecular weight excluding hydrogens is 161 g/mol. The van der Waals surface area contributed by atoms with Crippen LogP contribution in [0.2, 0.25) is 0 Å². The minimum absolute atomic E-state index is 0.296. The molecule has 4 N–H and O–H groups in total. The molecule has 0 aliphatic carbocycles. The van der Waals surface area contributed by atoms with Crippen molar-refractivity contribution in [1.82, 2.24) is 0 Å². The fourth-order valence-corrected chi connectivity index (χ4v) is 1.74. The molecule has 0 saturated heterocycles. The molecule has 1 unspecified atom stereocenters. The number of rotatable bonds is 2. The van der Waals surface area contributed by atoms with Crippen LogP contribution in [0.1, 0.15) is 17.6 Å². The third-order valence-electron chi connectivity index (χ3n) is 1.59. The molecule has 0 aliphatic rings. The van der Waals surface area contributed by atoms with Crippen molar-refractivity contribution in [2.45, 2.75) is 12.7 Å². The topological polar surface area (TPSA) is 66.5 Å². The van der Waals surface area contributed by atoms with Crippen molar-refractivity contribution in [3.05, 3.63) is 16.3 Å². The molecule has 1 rings (SSSR count). The standard InChI is InChI=1S/C6H10BNO2S/c1-4(7(9)10)6-5(8)2-3-11-6/h2-4,9-10H,8H2,1H3. The summed E-state index contributed by atoms with van der Waals surface area (Å²) in [6, 6.07) is 1.76. The molecule has 3 nitrogen and oxygen atoms in total.